The molecule has 1 aromatic carbocycles. The van der Waals surface area contributed by atoms with Crippen LogP contribution in [-0.4, -0.2) is 20.3 Å². The van der Waals surface area contributed by atoms with Crippen molar-refractivity contribution in [2.75, 3.05) is 20.3 Å². The highest BCUT2D eigenvalue weighted by Crippen LogP contribution is 2.32. The molecule has 1 aromatic rings. The van der Waals surface area contributed by atoms with E-state index in [0.717, 1.165) is 30.7 Å². The minimum atomic E-state index is -4.26. The normalized spacial score (nSPS) is 24.4. The molecule has 18 heavy (non-hydrogen) atoms. The number of halogens is 3. The Hall–Kier alpha value is -1.07. The summed E-state index contributed by atoms with van der Waals surface area (Å²) in [5.41, 5.74) is 0.305. The first-order valence-electron chi connectivity index (χ1n) is 5.90. The molecule has 1 fully saturated rings. The van der Waals surface area contributed by atoms with Gasteiger partial charge in [-0.3, -0.25) is 0 Å². The van der Waals surface area contributed by atoms with E-state index in [1.165, 1.54) is 0 Å². The average molecular weight is 259 g/mol. The first-order chi connectivity index (χ1) is 8.50. The Kier molecular flexibility index (Phi) is 3.92. The predicted molar refractivity (Wildman–Crippen MR) is 62.2 cm³/mol. The summed E-state index contributed by atoms with van der Waals surface area (Å²) in [5.74, 6) is 0.433. The Balaban J connectivity index is 2.03. The molecule has 1 aliphatic heterocycles. The van der Waals surface area contributed by atoms with E-state index in [9.17, 15) is 13.2 Å². The third-order valence-electron chi connectivity index (χ3n) is 3.26. The maximum absolute atomic E-state index is 12.4. The highest BCUT2D eigenvalue weighted by molar-refractivity contribution is 5.27. The van der Waals surface area contributed by atoms with E-state index < -0.39 is 11.7 Å². The van der Waals surface area contributed by atoms with Crippen LogP contribution in [0.15, 0.2) is 24.3 Å². The maximum atomic E-state index is 12.4. The van der Waals surface area contributed by atoms with Crippen LogP contribution >= 0.6 is 0 Å². The topological polar surface area (TPSA) is 21.3 Å². The third kappa shape index (κ3) is 3.03. The van der Waals surface area contributed by atoms with Gasteiger partial charge >= 0.3 is 6.18 Å². The summed E-state index contributed by atoms with van der Waals surface area (Å²) in [4.78, 5) is 0. The Morgan fingerprint density at radius 2 is 1.94 bits per heavy atom. The van der Waals surface area contributed by atoms with Crippen LogP contribution in [0.1, 0.15) is 23.6 Å². The Labute approximate surface area is 104 Å². The van der Waals surface area contributed by atoms with Gasteiger partial charge in [0.05, 0.1) is 12.2 Å². The summed E-state index contributed by atoms with van der Waals surface area (Å²) < 4.78 is 42.4. The van der Waals surface area contributed by atoms with Crippen molar-refractivity contribution < 1.29 is 17.9 Å². The molecule has 0 aromatic heterocycles. The molecule has 0 radical (unpaired) electrons. The summed E-state index contributed by atoms with van der Waals surface area (Å²) in [5, 5.41) is 3.30. The van der Waals surface area contributed by atoms with Crippen LogP contribution in [0.25, 0.3) is 0 Å². The maximum Gasteiger partial charge on any atom is 0.416 e. The largest absolute Gasteiger partial charge is 0.416 e. The van der Waals surface area contributed by atoms with Crippen LogP contribution in [-0.2, 0) is 10.9 Å². The molecular formula is C13H16F3NO. The SMILES string of the molecule is COCC1CNC(c2ccc(C(F)(F)F)cc2)C1. The van der Waals surface area contributed by atoms with Crippen LogP contribution in [0.4, 0.5) is 13.2 Å². The molecule has 0 bridgehead atoms. The lowest BCUT2D eigenvalue weighted by atomic mass is 9.99. The van der Waals surface area contributed by atoms with E-state index in [2.05, 4.69) is 5.32 Å². The van der Waals surface area contributed by atoms with Crippen molar-refractivity contribution in [3.8, 4) is 0 Å². The van der Waals surface area contributed by atoms with Gasteiger partial charge in [0.1, 0.15) is 0 Å². The molecule has 0 saturated carbocycles. The van der Waals surface area contributed by atoms with Gasteiger partial charge < -0.3 is 10.1 Å². The van der Waals surface area contributed by atoms with E-state index in [1.807, 2.05) is 0 Å². The van der Waals surface area contributed by atoms with Crippen LogP contribution < -0.4 is 5.32 Å². The van der Waals surface area contributed by atoms with Gasteiger partial charge in [-0.05, 0) is 30.0 Å². The molecular weight excluding hydrogens is 243 g/mol. The van der Waals surface area contributed by atoms with E-state index in [-0.39, 0.29) is 6.04 Å². The van der Waals surface area contributed by atoms with Gasteiger partial charge in [0, 0.05) is 19.7 Å². The number of ether oxygens (including phenoxy) is 1. The second-order valence-corrected chi connectivity index (χ2v) is 4.64. The molecule has 1 saturated heterocycles. The molecule has 1 N–H and O–H groups in total. The smallest absolute Gasteiger partial charge is 0.384 e. The fourth-order valence-electron chi connectivity index (χ4n) is 2.33. The Morgan fingerprint density at radius 1 is 1.28 bits per heavy atom. The van der Waals surface area contributed by atoms with E-state index in [4.69, 9.17) is 4.74 Å². The van der Waals surface area contributed by atoms with Crippen LogP contribution in [0.5, 0.6) is 0 Å². The summed E-state index contributed by atoms with van der Waals surface area (Å²) in [6.07, 6.45) is -3.36. The first-order valence-corrected chi connectivity index (χ1v) is 5.90. The molecule has 2 atom stereocenters. The Morgan fingerprint density at radius 3 is 2.50 bits per heavy atom. The van der Waals surface area contributed by atoms with Crippen molar-refractivity contribution in [3.63, 3.8) is 0 Å². The molecule has 100 valence electrons. The van der Waals surface area contributed by atoms with Gasteiger partial charge in [-0.1, -0.05) is 12.1 Å². The van der Waals surface area contributed by atoms with Gasteiger partial charge in [-0.2, -0.15) is 13.2 Å². The van der Waals surface area contributed by atoms with Crippen molar-refractivity contribution in [2.45, 2.75) is 18.6 Å². The lowest BCUT2D eigenvalue weighted by molar-refractivity contribution is -0.137. The highest BCUT2D eigenvalue weighted by Gasteiger charge is 2.31. The monoisotopic (exact) mass is 259 g/mol. The zero-order valence-electron chi connectivity index (χ0n) is 10.1. The van der Waals surface area contributed by atoms with E-state index in [0.29, 0.717) is 12.5 Å². The number of hydrogen-bond acceptors (Lipinski definition) is 2. The standard InChI is InChI=1S/C13H16F3NO/c1-18-8-9-6-12(17-7-9)10-2-4-11(5-3-10)13(14,15)16/h2-5,9,12,17H,6-8H2,1H3. The molecule has 0 aliphatic carbocycles. The fraction of sp³-hybridized carbons (Fsp3) is 0.538. The van der Waals surface area contributed by atoms with Crippen LogP contribution in [0.2, 0.25) is 0 Å². The van der Waals surface area contributed by atoms with Gasteiger partial charge in [0.25, 0.3) is 0 Å². The summed E-state index contributed by atoms with van der Waals surface area (Å²) >= 11 is 0. The van der Waals surface area contributed by atoms with Crippen LogP contribution in [0, 0.1) is 5.92 Å². The molecule has 1 aliphatic rings. The van der Waals surface area contributed by atoms with E-state index >= 15 is 0 Å². The second-order valence-electron chi connectivity index (χ2n) is 4.64. The molecule has 2 nitrogen and oxygen atoms in total. The van der Waals surface area contributed by atoms with Gasteiger partial charge in [0.15, 0.2) is 0 Å². The van der Waals surface area contributed by atoms with Gasteiger partial charge in [-0.25, -0.2) is 0 Å². The van der Waals surface area contributed by atoms with Gasteiger partial charge in [0.2, 0.25) is 0 Å². The number of methoxy groups -OCH3 is 1. The molecule has 2 unspecified atom stereocenters. The zero-order chi connectivity index (χ0) is 13.2. The number of alkyl halides is 3. The lowest BCUT2D eigenvalue weighted by Gasteiger charge is -2.13. The molecule has 0 spiro atoms. The van der Waals surface area contributed by atoms with Crippen molar-refractivity contribution in [3.05, 3.63) is 35.4 Å². The first kappa shape index (κ1) is 13.4. The molecule has 5 heteroatoms. The summed E-state index contributed by atoms with van der Waals surface area (Å²) in [6, 6.07) is 5.51. The van der Waals surface area contributed by atoms with Crippen molar-refractivity contribution in [1.29, 1.82) is 0 Å². The third-order valence-corrected chi connectivity index (χ3v) is 3.26. The average Bonchev–Trinajstić information content (AvgIpc) is 2.77. The zero-order valence-corrected chi connectivity index (χ0v) is 10.1. The van der Waals surface area contributed by atoms with E-state index in [1.54, 1.807) is 19.2 Å². The van der Waals surface area contributed by atoms with Gasteiger partial charge in [-0.15, -0.1) is 0 Å². The quantitative estimate of drug-likeness (QED) is 0.901. The number of nitrogens with one attached hydrogen (secondary N) is 1. The second kappa shape index (κ2) is 5.28. The summed E-state index contributed by atoms with van der Waals surface area (Å²) in [7, 11) is 1.66. The van der Waals surface area contributed by atoms with Crippen molar-refractivity contribution >= 4 is 0 Å². The number of hydrogen-bond donors (Lipinski definition) is 1. The molecule has 1 heterocycles. The number of rotatable bonds is 3. The van der Waals surface area contributed by atoms with Crippen molar-refractivity contribution in [1.82, 2.24) is 5.32 Å². The molecule has 0 amide bonds. The minimum Gasteiger partial charge on any atom is -0.384 e. The highest BCUT2D eigenvalue weighted by atomic mass is 19.4. The Bertz CT molecular complexity index is 388. The summed E-state index contributed by atoms with van der Waals surface area (Å²) in [6.45, 7) is 1.53. The fourth-order valence-corrected chi connectivity index (χ4v) is 2.33. The van der Waals surface area contributed by atoms with Crippen molar-refractivity contribution in [2.24, 2.45) is 5.92 Å². The lowest BCUT2D eigenvalue weighted by Crippen LogP contribution is -2.15. The predicted octanol–water partition coefficient (Wildman–Crippen LogP) is 3.00. The number of benzene rings is 1. The van der Waals surface area contributed by atoms with Crippen LogP contribution in [0.3, 0.4) is 0 Å². The minimum absolute atomic E-state index is 0.132. The molecule has 2 rings (SSSR count).